The highest BCUT2D eigenvalue weighted by Crippen LogP contribution is 2.68. The Labute approximate surface area is 214 Å². The highest BCUT2D eigenvalue weighted by molar-refractivity contribution is 5.12. The molecule has 4 heteroatoms. The van der Waals surface area contributed by atoms with Crippen LogP contribution >= 0.6 is 0 Å². The van der Waals surface area contributed by atoms with E-state index in [4.69, 9.17) is 9.47 Å². The molecule has 2 N–H and O–H groups in total. The Morgan fingerprint density at radius 2 is 1.34 bits per heavy atom. The molecule has 13 atom stereocenters. The van der Waals surface area contributed by atoms with E-state index in [1.807, 2.05) is 0 Å². The average Bonchev–Trinajstić information content (AvgIpc) is 3.30. The largest absolute Gasteiger partial charge is 0.393 e. The first-order valence-electron chi connectivity index (χ1n) is 15.0. The van der Waals surface area contributed by atoms with Gasteiger partial charge >= 0.3 is 0 Å². The number of ether oxygens (including phenoxy) is 2. The SMILES string of the molecule is CC(C)[C@H](C)[C@H]1OC(C)(C)O[C@@H]1[C@@H](C)[C@H]1CC[C@H]2[C@@H]3C[C@H](O)[C@@H]4C[C@H](O)CC[C@]4(C)[C@H]3CC[C@]12C. The lowest BCUT2D eigenvalue weighted by Gasteiger charge is -2.62. The van der Waals surface area contributed by atoms with Crippen molar-refractivity contribution in [2.24, 2.45) is 58.2 Å². The van der Waals surface area contributed by atoms with Crippen LogP contribution in [0.4, 0.5) is 0 Å². The standard InChI is InChI=1S/C31H54O4/c1-17(2)18(3)27-28(35-29(5,6)34-27)19(4)22-9-10-23-21-16-26(33)25-15-20(32)11-13-31(25,8)24(21)12-14-30(22,23)7/h17-28,32-33H,9-16H2,1-8H3/t18-,19-,20+,21-,22+,23-,24-,25-,26-,27+,28+,30+,31+/m0/s1. The Morgan fingerprint density at radius 1 is 0.714 bits per heavy atom. The molecule has 4 nitrogen and oxygen atoms in total. The zero-order valence-electron chi connectivity index (χ0n) is 23.8. The van der Waals surface area contributed by atoms with Crippen LogP contribution in [0, 0.1) is 58.2 Å². The van der Waals surface area contributed by atoms with Crippen molar-refractivity contribution in [1.29, 1.82) is 0 Å². The van der Waals surface area contributed by atoms with Gasteiger partial charge < -0.3 is 19.7 Å². The Kier molecular flexibility index (Phi) is 6.77. The number of hydrogen-bond acceptors (Lipinski definition) is 4. The average molecular weight is 491 g/mol. The van der Waals surface area contributed by atoms with Crippen LogP contribution in [0.2, 0.25) is 0 Å². The number of aliphatic hydroxyl groups excluding tert-OH is 2. The van der Waals surface area contributed by atoms with E-state index in [0.717, 1.165) is 25.7 Å². The lowest BCUT2D eigenvalue weighted by atomic mass is 9.43. The Balaban J connectivity index is 1.38. The molecule has 5 aliphatic rings. The lowest BCUT2D eigenvalue weighted by Crippen LogP contribution is -2.58. The number of aliphatic hydroxyl groups is 2. The van der Waals surface area contributed by atoms with Gasteiger partial charge in [-0.25, -0.2) is 0 Å². The minimum absolute atomic E-state index is 0.152. The van der Waals surface area contributed by atoms with E-state index in [9.17, 15) is 10.2 Å². The van der Waals surface area contributed by atoms with Crippen LogP contribution < -0.4 is 0 Å². The summed E-state index contributed by atoms with van der Waals surface area (Å²) in [5.41, 5.74) is 0.510. The third kappa shape index (κ3) is 4.16. The van der Waals surface area contributed by atoms with Gasteiger partial charge in [0.25, 0.3) is 0 Å². The molecule has 0 spiro atoms. The monoisotopic (exact) mass is 490 g/mol. The molecular formula is C31H54O4. The second kappa shape index (κ2) is 8.95. The third-order valence-corrected chi connectivity index (χ3v) is 12.6. The Morgan fingerprint density at radius 3 is 2.03 bits per heavy atom. The van der Waals surface area contributed by atoms with Gasteiger partial charge in [-0.1, -0.05) is 41.5 Å². The number of fused-ring (bicyclic) bond motifs is 5. The number of hydrogen-bond donors (Lipinski definition) is 2. The molecule has 5 fully saturated rings. The zero-order chi connectivity index (χ0) is 25.5. The molecule has 0 amide bonds. The fraction of sp³-hybridized carbons (Fsp3) is 1.00. The summed E-state index contributed by atoms with van der Waals surface area (Å²) < 4.78 is 13.2. The second-order valence-corrected chi connectivity index (χ2v) is 15.0. The highest BCUT2D eigenvalue weighted by atomic mass is 16.8. The van der Waals surface area contributed by atoms with Gasteiger partial charge in [0.15, 0.2) is 5.79 Å². The summed E-state index contributed by atoms with van der Waals surface area (Å²) in [6, 6.07) is 0. The first-order valence-corrected chi connectivity index (χ1v) is 15.0. The summed E-state index contributed by atoms with van der Waals surface area (Å²) in [7, 11) is 0. The van der Waals surface area contributed by atoms with E-state index in [1.54, 1.807) is 0 Å². The molecular weight excluding hydrogens is 436 g/mol. The quantitative estimate of drug-likeness (QED) is 0.477. The van der Waals surface area contributed by atoms with Gasteiger partial charge in [0.05, 0.1) is 24.4 Å². The molecule has 4 aliphatic carbocycles. The molecule has 202 valence electrons. The molecule has 0 bridgehead atoms. The fourth-order valence-corrected chi connectivity index (χ4v) is 10.4. The van der Waals surface area contributed by atoms with E-state index < -0.39 is 5.79 Å². The van der Waals surface area contributed by atoms with Crippen molar-refractivity contribution in [2.45, 2.75) is 137 Å². The predicted molar refractivity (Wildman–Crippen MR) is 140 cm³/mol. The minimum Gasteiger partial charge on any atom is -0.393 e. The molecule has 0 radical (unpaired) electrons. The van der Waals surface area contributed by atoms with Gasteiger partial charge in [0.1, 0.15) is 0 Å². The van der Waals surface area contributed by atoms with Gasteiger partial charge in [-0.2, -0.15) is 0 Å². The maximum atomic E-state index is 11.3. The molecule has 35 heavy (non-hydrogen) atoms. The summed E-state index contributed by atoms with van der Waals surface area (Å²) in [5.74, 6) is 3.95. The second-order valence-electron chi connectivity index (χ2n) is 15.0. The van der Waals surface area contributed by atoms with E-state index in [-0.39, 0.29) is 35.7 Å². The summed E-state index contributed by atoms with van der Waals surface area (Å²) in [6.45, 7) is 18.6. The van der Waals surface area contributed by atoms with E-state index in [0.29, 0.717) is 46.8 Å². The predicted octanol–water partition coefficient (Wildman–Crippen LogP) is 6.43. The summed E-state index contributed by atoms with van der Waals surface area (Å²) in [4.78, 5) is 0. The van der Waals surface area contributed by atoms with Gasteiger partial charge in [-0.3, -0.25) is 0 Å². The first-order chi connectivity index (χ1) is 16.3. The fourth-order valence-electron chi connectivity index (χ4n) is 10.4. The van der Waals surface area contributed by atoms with Crippen LogP contribution in [0.1, 0.15) is 107 Å². The van der Waals surface area contributed by atoms with Crippen LogP contribution in [0.3, 0.4) is 0 Å². The molecule has 1 aliphatic heterocycles. The van der Waals surface area contributed by atoms with E-state index >= 15 is 0 Å². The van der Waals surface area contributed by atoms with Crippen molar-refractivity contribution < 1.29 is 19.7 Å². The molecule has 0 unspecified atom stereocenters. The van der Waals surface area contributed by atoms with Crippen molar-refractivity contribution in [1.82, 2.24) is 0 Å². The van der Waals surface area contributed by atoms with Gasteiger partial charge in [-0.15, -0.1) is 0 Å². The Hall–Kier alpha value is -0.160. The number of rotatable bonds is 4. The van der Waals surface area contributed by atoms with Crippen molar-refractivity contribution >= 4 is 0 Å². The van der Waals surface area contributed by atoms with Crippen LogP contribution in [0.5, 0.6) is 0 Å². The first kappa shape index (κ1) is 26.4. The van der Waals surface area contributed by atoms with Gasteiger partial charge in [-0.05, 0) is 123 Å². The summed E-state index contributed by atoms with van der Waals surface area (Å²) in [5, 5.41) is 21.7. The minimum atomic E-state index is -0.508. The Bertz CT molecular complexity index is 780. The van der Waals surface area contributed by atoms with Crippen molar-refractivity contribution in [3.63, 3.8) is 0 Å². The highest BCUT2D eigenvalue weighted by Gasteiger charge is 2.63. The molecule has 0 aromatic heterocycles. The van der Waals surface area contributed by atoms with Crippen LogP contribution in [0.25, 0.3) is 0 Å². The summed E-state index contributed by atoms with van der Waals surface area (Å²) in [6.07, 6.45) is 8.74. The normalized spacial score (nSPS) is 53.1. The van der Waals surface area contributed by atoms with Gasteiger partial charge in [0, 0.05) is 0 Å². The van der Waals surface area contributed by atoms with Crippen LogP contribution in [0.15, 0.2) is 0 Å². The molecule has 0 aromatic carbocycles. The molecule has 1 heterocycles. The topological polar surface area (TPSA) is 58.9 Å². The molecule has 1 saturated heterocycles. The van der Waals surface area contributed by atoms with Crippen molar-refractivity contribution in [2.75, 3.05) is 0 Å². The van der Waals surface area contributed by atoms with Crippen molar-refractivity contribution in [3.8, 4) is 0 Å². The smallest absolute Gasteiger partial charge is 0.163 e. The maximum Gasteiger partial charge on any atom is 0.163 e. The third-order valence-electron chi connectivity index (χ3n) is 12.6. The van der Waals surface area contributed by atoms with Crippen LogP contribution in [-0.4, -0.2) is 40.4 Å². The van der Waals surface area contributed by atoms with Gasteiger partial charge in [0.2, 0.25) is 0 Å². The van der Waals surface area contributed by atoms with E-state index in [2.05, 4.69) is 55.4 Å². The van der Waals surface area contributed by atoms with Crippen molar-refractivity contribution in [3.05, 3.63) is 0 Å². The lowest BCUT2D eigenvalue weighted by molar-refractivity contribution is -0.176. The van der Waals surface area contributed by atoms with E-state index in [1.165, 1.54) is 25.7 Å². The molecule has 4 saturated carbocycles. The van der Waals surface area contributed by atoms with Crippen LogP contribution in [-0.2, 0) is 9.47 Å². The molecule has 0 aromatic rings. The zero-order valence-corrected chi connectivity index (χ0v) is 23.8. The summed E-state index contributed by atoms with van der Waals surface area (Å²) >= 11 is 0. The molecule has 5 rings (SSSR count). The maximum absolute atomic E-state index is 11.3.